The Balaban J connectivity index is 1.51. The second kappa shape index (κ2) is 8.93. The summed E-state index contributed by atoms with van der Waals surface area (Å²) in [7, 11) is 0. The van der Waals surface area contributed by atoms with Crippen LogP contribution in [0, 0.1) is 11.6 Å². The number of nitrogens with one attached hydrogen (secondary N) is 1. The number of carbonyl (C=O) groups excluding carboxylic acids is 1. The Bertz CT molecular complexity index is 1020. The van der Waals surface area contributed by atoms with Crippen LogP contribution in [0.3, 0.4) is 0 Å². The zero-order valence-corrected chi connectivity index (χ0v) is 15.3. The largest absolute Gasteiger partial charge is 0.484 e. The first-order valence-corrected chi connectivity index (χ1v) is 8.69. The summed E-state index contributed by atoms with van der Waals surface area (Å²) >= 11 is 0. The van der Waals surface area contributed by atoms with E-state index >= 15 is 0 Å². The summed E-state index contributed by atoms with van der Waals surface area (Å²) in [6.45, 7) is -1.40. The Hall–Kier alpha value is -3.43. The maximum absolute atomic E-state index is 13.8. The molecule has 0 radical (unpaired) electrons. The lowest BCUT2D eigenvalue weighted by molar-refractivity contribution is -0.153. The van der Waals surface area contributed by atoms with Gasteiger partial charge in [-0.1, -0.05) is 0 Å². The van der Waals surface area contributed by atoms with Gasteiger partial charge in [-0.25, -0.2) is 13.8 Å². The molecule has 0 aliphatic rings. The molecule has 0 spiro atoms. The topological polar surface area (TPSA) is 64.4 Å². The number of nitrogens with zero attached hydrogens (tertiary/aromatic N) is 1. The monoisotopic (exact) mass is 426 g/mol. The van der Waals surface area contributed by atoms with Gasteiger partial charge in [0.05, 0.1) is 11.8 Å². The zero-order valence-electron chi connectivity index (χ0n) is 15.3. The first-order valence-electron chi connectivity index (χ1n) is 8.69. The predicted octanol–water partition coefficient (Wildman–Crippen LogP) is 5.13. The highest BCUT2D eigenvalue weighted by atomic mass is 19.4. The minimum atomic E-state index is -4.44. The normalized spacial score (nSPS) is 11.4. The number of carbonyl (C=O) groups is 1. The number of hydrogen-bond acceptors (Lipinski definition) is 4. The van der Waals surface area contributed by atoms with Crippen LogP contribution in [-0.2, 0) is 11.2 Å². The molecule has 0 aliphatic heterocycles. The Kier molecular flexibility index (Phi) is 6.34. The average Bonchev–Trinajstić information content (AvgIpc) is 3.14. The van der Waals surface area contributed by atoms with Crippen molar-refractivity contribution in [3.8, 4) is 17.1 Å². The fourth-order valence-corrected chi connectivity index (χ4v) is 2.48. The van der Waals surface area contributed by atoms with Gasteiger partial charge in [-0.3, -0.25) is 4.79 Å². The van der Waals surface area contributed by atoms with E-state index in [9.17, 15) is 26.7 Å². The molecule has 5 nitrogen and oxygen atoms in total. The highest BCUT2D eigenvalue weighted by Gasteiger charge is 2.28. The summed E-state index contributed by atoms with van der Waals surface area (Å²) in [5.74, 6) is -1.57. The molecule has 0 fully saturated rings. The molecule has 0 aliphatic carbocycles. The summed E-state index contributed by atoms with van der Waals surface area (Å²) in [6.07, 6.45) is -3.03. The third kappa shape index (κ3) is 6.03. The van der Waals surface area contributed by atoms with Crippen LogP contribution >= 0.6 is 0 Å². The summed E-state index contributed by atoms with van der Waals surface area (Å²) in [5, 5.41) is 2.58. The lowest BCUT2D eigenvalue weighted by atomic mass is 10.2. The number of alkyl halides is 3. The highest BCUT2D eigenvalue weighted by Crippen LogP contribution is 2.25. The average molecular weight is 426 g/mol. The number of oxazole rings is 1. The second-order valence-corrected chi connectivity index (χ2v) is 6.22. The molecule has 0 saturated heterocycles. The van der Waals surface area contributed by atoms with Gasteiger partial charge in [-0.15, -0.1) is 0 Å². The molecule has 3 rings (SSSR count). The minimum Gasteiger partial charge on any atom is -0.484 e. The third-order valence-electron chi connectivity index (χ3n) is 3.86. The van der Waals surface area contributed by atoms with Crippen molar-refractivity contribution in [1.82, 2.24) is 4.98 Å². The Morgan fingerprint density at radius 1 is 1.10 bits per heavy atom. The number of aryl methyl sites for hydroxylation is 1. The molecule has 0 saturated carbocycles. The fourth-order valence-electron chi connectivity index (χ4n) is 2.48. The van der Waals surface area contributed by atoms with Gasteiger partial charge in [0.1, 0.15) is 17.4 Å². The molecule has 1 aromatic heterocycles. The second-order valence-electron chi connectivity index (χ2n) is 6.22. The van der Waals surface area contributed by atoms with Crippen LogP contribution in [0.4, 0.5) is 27.6 Å². The van der Waals surface area contributed by atoms with E-state index in [1.165, 1.54) is 36.5 Å². The fraction of sp³-hybridized carbons (Fsp3) is 0.200. The lowest BCUT2D eigenvalue weighted by Gasteiger charge is -2.10. The molecule has 1 N–H and O–H groups in total. The van der Waals surface area contributed by atoms with Crippen molar-refractivity contribution in [2.45, 2.75) is 19.0 Å². The van der Waals surface area contributed by atoms with E-state index < -0.39 is 24.4 Å². The van der Waals surface area contributed by atoms with Crippen molar-refractivity contribution >= 4 is 11.6 Å². The number of halogens is 5. The summed E-state index contributed by atoms with van der Waals surface area (Å²) < 4.78 is 73.1. The van der Waals surface area contributed by atoms with Gasteiger partial charge in [-0.05, 0) is 36.4 Å². The minimum absolute atomic E-state index is 0.00181. The van der Waals surface area contributed by atoms with Crippen molar-refractivity contribution < 1.29 is 35.9 Å². The van der Waals surface area contributed by atoms with Gasteiger partial charge >= 0.3 is 6.18 Å². The van der Waals surface area contributed by atoms with E-state index in [-0.39, 0.29) is 41.7 Å². The molecule has 1 heterocycles. The molecule has 30 heavy (non-hydrogen) atoms. The van der Waals surface area contributed by atoms with Crippen molar-refractivity contribution in [1.29, 1.82) is 0 Å². The molecule has 158 valence electrons. The van der Waals surface area contributed by atoms with Crippen LogP contribution in [0.1, 0.15) is 12.3 Å². The predicted molar refractivity (Wildman–Crippen MR) is 96.8 cm³/mol. The van der Waals surface area contributed by atoms with E-state index in [1.54, 1.807) is 0 Å². The van der Waals surface area contributed by atoms with Gasteiger partial charge < -0.3 is 14.5 Å². The van der Waals surface area contributed by atoms with Crippen LogP contribution < -0.4 is 10.1 Å². The number of amides is 1. The Morgan fingerprint density at radius 2 is 1.83 bits per heavy atom. The summed E-state index contributed by atoms with van der Waals surface area (Å²) in [4.78, 5) is 16.0. The van der Waals surface area contributed by atoms with E-state index in [0.717, 1.165) is 12.1 Å². The molecule has 3 aromatic rings. The van der Waals surface area contributed by atoms with Crippen LogP contribution in [-0.4, -0.2) is 23.7 Å². The SMILES string of the molecule is O=C(CCc1ncc(-c2ccc(F)cc2F)o1)Nc1ccc(OCC(F)(F)F)cc1. The van der Waals surface area contributed by atoms with Crippen molar-refractivity contribution in [3.63, 3.8) is 0 Å². The molecule has 0 unspecified atom stereocenters. The smallest absolute Gasteiger partial charge is 0.422 e. The van der Waals surface area contributed by atoms with Gasteiger partial charge in [-0.2, -0.15) is 13.2 Å². The maximum atomic E-state index is 13.8. The standard InChI is InChI=1S/C20H15F5N2O3/c21-12-1-6-15(16(22)9-12)17-10-26-19(30-17)8-7-18(28)27-13-2-4-14(5-3-13)29-11-20(23,24)25/h1-6,9-10H,7-8,11H2,(H,27,28). The number of hydrogen-bond donors (Lipinski definition) is 1. The van der Waals surface area contributed by atoms with E-state index in [1.807, 2.05) is 0 Å². The van der Waals surface area contributed by atoms with E-state index in [0.29, 0.717) is 5.69 Å². The third-order valence-corrected chi connectivity index (χ3v) is 3.86. The van der Waals surface area contributed by atoms with Crippen molar-refractivity contribution in [2.24, 2.45) is 0 Å². The molecule has 0 bridgehead atoms. The number of anilines is 1. The molecule has 1 amide bonds. The number of ether oxygens (including phenoxy) is 1. The summed E-state index contributed by atoms with van der Waals surface area (Å²) in [6, 6.07) is 8.47. The zero-order chi connectivity index (χ0) is 21.7. The van der Waals surface area contributed by atoms with Gasteiger partial charge in [0.2, 0.25) is 5.91 Å². The molecular formula is C20H15F5N2O3. The van der Waals surface area contributed by atoms with Crippen LogP contribution in [0.15, 0.2) is 53.1 Å². The molecular weight excluding hydrogens is 411 g/mol. The highest BCUT2D eigenvalue weighted by molar-refractivity contribution is 5.90. The van der Waals surface area contributed by atoms with Crippen molar-refractivity contribution in [3.05, 3.63) is 66.2 Å². The van der Waals surface area contributed by atoms with Gasteiger partial charge in [0.25, 0.3) is 0 Å². The number of rotatable bonds is 7. The van der Waals surface area contributed by atoms with Crippen LogP contribution in [0.25, 0.3) is 11.3 Å². The van der Waals surface area contributed by atoms with Crippen molar-refractivity contribution in [2.75, 3.05) is 11.9 Å². The van der Waals surface area contributed by atoms with Gasteiger partial charge in [0, 0.05) is 24.6 Å². The quantitative estimate of drug-likeness (QED) is 0.532. The molecule has 0 atom stereocenters. The van der Waals surface area contributed by atoms with Crippen LogP contribution in [0.5, 0.6) is 5.75 Å². The Labute approximate surface area is 167 Å². The van der Waals surface area contributed by atoms with E-state index in [4.69, 9.17) is 4.42 Å². The number of aromatic nitrogens is 1. The Morgan fingerprint density at radius 3 is 2.50 bits per heavy atom. The van der Waals surface area contributed by atoms with Crippen LogP contribution in [0.2, 0.25) is 0 Å². The maximum Gasteiger partial charge on any atom is 0.422 e. The first-order chi connectivity index (χ1) is 14.2. The number of benzene rings is 2. The van der Waals surface area contributed by atoms with E-state index in [2.05, 4.69) is 15.0 Å². The summed E-state index contributed by atoms with van der Waals surface area (Å²) in [5.41, 5.74) is 0.424. The molecule has 2 aromatic carbocycles. The van der Waals surface area contributed by atoms with Gasteiger partial charge in [0.15, 0.2) is 18.3 Å². The molecule has 10 heteroatoms. The lowest BCUT2D eigenvalue weighted by Crippen LogP contribution is -2.19. The first kappa shape index (κ1) is 21.3.